The van der Waals surface area contributed by atoms with Gasteiger partial charge in [0.15, 0.2) is 0 Å². The molecule has 1 amide bonds. The van der Waals surface area contributed by atoms with Gasteiger partial charge in [-0.3, -0.25) is 4.79 Å². The molecule has 4 nitrogen and oxygen atoms in total. The van der Waals surface area contributed by atoms with Gasteiger partial charge >= 0.3 is 0 Å². The Kier molecular flexibility index (Phi) is 5.24. The second kappa shape index (κ2) is 5.47. The van der Waals surface area contributed by atoms with Crippen LogP contribution >= 0.6 is 0 Å². The van der Waals surface area contributed by atoms with Crippen LogP contribution < -0.4 is 11.1 Å². The molecule has 0 aliphatic carbocycles. The van der Waals surface area contributed by atoms with E-state index in [0.29, 0.717) is 0 Å². The number of carbonyl (C=O) groups excluding carboxylic acids is 1. The minimum Gasteiger partial charge on any atom is -0.394 e. The molecule has 0 aliphatic heterocycles. The van der Waals surface area contributed by atoms with Crippen molar-refractivity contribution >= 4 is 5.91 Å². The van der Waals surface area contributed by atoms with E-state index in [1.54, 1.807) is 0 Å². The standard InChI is InChI=1S/C11H24N2O2/c1-7(2)8(6-14)13-10(15)9(12)11(3,4)5/h7-9,14H,6,12H2,1-5H3,(H,13,15)/t8-,9+/m1/s1. The molecular weight excluding hydrogens is 192 g/mol. The molecule has 0 aromatic carbocycles. The van der Waals surface area contributed by atoms with Crippen molar-refractivity contribution in [3.05, 3.63) is 0 Å². The Morgan fingerprint density at radius 3 is 2.13 bits per heavy atom. The highest BCUT2D eigenvalue weighted by Gasteiger charge is 2.29. The Bertz CT molecular complexity index is 209. The van der Waals surface area contributed by atoms with Crippen molar-refractivity contribution in [1.82, 2.24) is 5.32 Å². The third-order valence-corrected chi connectivity index (χ3v) is 2.54. The van der Waals surface area contributed by atoms with E-state index in [0.717, 1.165) is 0 Å². The number of amides is 1. The fourth-order valence-corrected chi connectivity index (χ4v) is 1.09. The van der Waals surface area contributed by atoms with E-state index in [1.807, 2.05) is 34.6 Å². The number of aliphatic hydroxyl groups is 1. The fourth-order valence-electron chi connectivity index (χ4n) is 1.09. The largest absolute Gasteiger partial charge is 0.394 e. The monoisotopic (exact) mass is 216 g/mol. The van der Waals surface area contributed by atoms with E-state index in [9.17, 15) is 4.79 Å². The van der Waals surface area contributed by atoms with Crippen molar-refractivity contribution in [3.63, 3.8) is 0 Å². The molecule has 0 aromatic heterocycles. The number of nitrogens with two attached hydrogens (primary N) is 1. The van der Waals surface area contributed by atoms with Crippen molar-refractivity contribution in [2.24, 2.45) is 17.1 Å². The van der Waals surface area contributed by atoms with Crippen LogP contribution in [0.3, 0.4) is 0 Å². The topological polar surface area (TPSA) is 75.3 Å². The minimum absolute atomic E-state index is 0.0553. The van der Waals surface area contributed by atoms with Gasteiger partial charge in [0.05, 0.1) is 18.7 Å². The van der Waals surface area contributed by atoms with Crippen LogP contribution in [-0.2, 0) is 4.79 Å². The molecule has 0 bridgehead atoms. The van der Waals surface area contributed by atoms with Crippen molar-refractivity contribution in [3.8, 4) is 0 Å². The van der Waals surface area contributed by atoms with E-state index in [-0.39, 0.29) is 29.9 Å². The first-order chi connectivity index (χ1) is 6.70. The molecule has 0 saturated carbocycles. The number of hydrogen-bond donors (Lipinski definition) is 3. The average molecular weight is 216 g/mol. The summed E-state index contributed by atoms with van der Waals surface area (Å²) in [5.74, 6) is 0.00127. The molecule has 90 valence electrons. The molecule has 0 unspecified atom stereocenters. The van der Waals surface area contributed by atoms with Crippen LogP contribution in [0.25, 0.3) is 0 Å². The summed E-state index contributed by atoms with van der Waals surface area (Å²) in [6.45, 7) is 9.59. The molecule has 0 rings (SSSR count). The highest BCUT2D eigenvalue weighted by molar-refractivity contribution is 5.82. The second-order valence-corrected chi connectivity index (χ2v) is 5.39. The molecule has 4 N–H and O–H groups in total. The van der Waals surface area contributed by atoms with Crippen molar-refractivity contribution in [2.45, 2.75) is 46.7 Å². The SMILES string of the molecule is CC(C)[C@@H](CO)NC(=O)[C@H](N)C(C)(C)C. The number of hydrogen-bond acceptors (Lipinski definition) is 3. The van der Waals surface area contributed by atoms with Gasteiger partial charge in [0.2, 0.25) is 5.91 Å². The minimum atomic E-state index is -0.551. The van der Waals surface area contributed by atoms with Crippen molar-refractivity contribution in [2.75, 3.05) is 6.61 Å². The zero-order valence-electron chi connectivity index (χ0n) is 10.4. The molecule has 0 fully saturated rings. The Hall–Kier alpha value is -0.610. The third kappa shape index (κ3) is 4.62. The van der Waals surface area contributed by atoms with E-state index in [4.69, 9.17) is 10.8 Å². The maximum atomic E-state index is 11.7. The maximum Gasteiger partial charge on any atom is 0.237 e. The Balaban J connectivity index is 4.36. The predicted molar refractivity (Wildman–Crippen MR) is 61.3 cm³/mol. The zero-order chi connectivity index (χ0) is 12.2. The van der Waals surface area contributed by atoms with Gasteiger partial charge in [0, 0.05) is 0 Å². The van der Waals surface area contributed by atoms with Crippen LogP contribution in [0.1, 0.15) is 34.6 Å². The predicted octanol–water partition coefficient (Wildman–Crippen LogP) is 0.493. The lowest BCUT2D eigenvalue weighted by Gasteiger charge is -2.29. The van der Waals surface area contributed by atoms with Crippen LogP contribution in [0.4, 0.5) is 0 Å². The molecule has 15 heavy (non-hydrogen) atoms. The summed E-state index contributed by atoms with van der Waals surface area (Å²) >= 11 is 0. The zero-order valence-corrected chi connectivity index (χ0v) is 10.4. The lowest BCUT2D eigenvalue weighted by Crippen LogP contribution is -2.53. The Morgan fingerprint density at radius 2 is 1.87 bits per heavy atom. The third-order valence-electron chi connectivity index (χ3n) is 2.54. The first-order valence-corrected chi connectivity index (χ1v) is 5.37. The number of nitrogens with one attached hydrogen (secondary N) is 1. The molecule has 0 spiro atoms. The van der Waals surface area contributed by atoms with Crippen LogP contribution in [0, 0.1) is 11.3 Å². The Labute approximate surface area is 92.2 Å². The average Bonchev–Trinajstić information content (AvgIpc) is 2.10. The molecule has 0 radical (unpaired) electrons. The second-order valence-electron chi connectivity index (χ2n) is 5.39. The molecule has 0 saturated heterocycles. The molecule has 0 aromatic rings. The van der Waals surface area contributed by atoms with Gasteiger partial charge in [-0.15, -0.1) is 0 Å². The van der Waals surface area contributed by atoms with Crippen molar-refractivity contribution in [1.29, 1.82) is 0 Å². The molecule has 0 heterocycles. The molecule has 4 heteroatoms. The highest BCUT2D eigenvalue weighted by Crippen LogP contribution is 2.17. The summed E-state index contributed by atoms with van der Waals surface area (Å²) in [7, 11) is 0. The van der Waals surface area contributed by atoms with Gasteiger partial charge in [-0.05, 0) is 11.3 Å². The highest BCUT2D eigenvalue weighted by atomic mass is 16.3. The smallest absolute Gasteiger partial charge is 0.237 e. The molecule has 0 aliphatic rings. The first-order valence-electron chi connectivity index (χ1n) is 5.37. The lowest BCUT2D eigenvalue weighted by atomic mass is 9.86. The van der Waals surface area contributed by atoms with Gasteiger partial charge in [0.1, 0.15) is 0 Å². The molecular formula is C11H24N2O2. The van der Waals surface area contributed by atoms with E-state index in [1.165, 1.54) is 0 Å². The quantitative estimate of drug-likeness (QED) is 0.640. The van der Waals surface area contributed by atoms with Gasteiger partial charge in [-0.25, -0.2) is 0 Å². The fraction of sp³-hybridized carbons (Fsp3) is 0.909. The normalized spacial score (nSPS) is 16.3. The van der Waals surface area contributed by atoms with Crippen molar-refractivity contribution < 1.29 is 9.90 Å². The van der Waals surface area contributed by atoms with E-state index < -0.39 is 6.04 Å². The maximum absolute atomic E-state index is 11.7. The van der Waals surface area contributed by atoms with Crippen LogP contribution in [-0.4, -0.2) is 29.7 Å². The number of carbonyl (C=O) groups is 1. The van der Waals surface area contributed by atoms with Gasteiger partial charge in [-0.2, -0.15) is 0 Å². The lowest BCUT2D eigenvalue weighted by molar-refractivity contribution is -0.125. The van der Waals surface area contributed by atoms with E-state index >= 15 is 0 Å². The molecule has 2 atom stereocenters. The Morgan fingerprint density at radius 1 is 1.40 bits per heavy atom. The van der Waals surface area contributed by atoms with Gasteiger partial charge in [-0.1, -0.05) is 34.6 Å². The summed E-state index contributed by atoms with van der Waals surface area (Å²) in [5, 5.41) is 11.8. The van der Waals surface area contributed by atoms with Crippen LogP contribution in [0.15, 0.2) is 0 Å². The van der Waals surface area contributed by atoms with Crippen LogP contribution in [0.2, 0.25) is 0 Å². The van der Waals surface area contributed by atoms with Gasteiger partial charge < -0.3 is 16.2 Å². The summed E-state index contributed by atoms with van der Waals surface area (Å²) < 4.78 is 0. The number of rotatable bonds is 4. The summed E-state index contributed by atoms with van der Waals surface area (Å²) in [5.41, 5.74) is 5.54. The summed E-state index contributed by atoms with van der Waals surface area (Å²) in [6.07, 6.45) is 0. The van der Waals surface area contributed by atoms with Gasteiger partial charge in [0.25, 0.3) is 0 Å². The summed E-state index contributed by atoms with van der Waals surface area (Å²) in [6, 6.07) is -0.767. The first kappa shape index (κ1) is 14.4. The summed E-state index contributed by atoms with van der Waals surface area (Å²) in [4.78, 5) is 11.7. The van der Waals surface area contributed by atoms with Crippen LogP contribution in [0.5, 0.6) is 0 Å². The number of aliphatic hydroxyl groups excluding tert-OH is 1. The van der Waals surface area contributed by atoms with E-state index in [2.05, 4.69) is 5.32 Å².